The quantitative estimate of drug-likeness (QED) is 0.719. The van der Waals surface area contributed by atoms with Crippen molar-refractivity contribution in [2.45, 2.75) is 13.0 Å². The van der Waals surface area contributed by atoms with Gasteiger partial charge in [-0.25, -0.2) is 9.18 Å². The van der Waals surface area contributed by atoms with Gasteiger partial charge in [0.2, 0.25) is 5.91 Å². The Morgan fingerprint density at radius 1 is 1.55 bits per heavy atom. The number of aliphatic hydroxyl groups excluding tert-OH is 1. The number of rotatable bonds is 6. The molecular formula is C14H18FN3O4. The number of anilines is 2. The Bertz CT molecular complexity index is 567. The summed E-state index contributed by atoms with van der Waals surface area (Å²) in [5.74, 6) is -0.732. The van der Waals surface area contributed by atoms with E-state index in [0.29, 0.717) is 5.69 Å². The number of aliphatic hydroxyl groups is 1. The van der Waals surface area contributed by atoms with Crippen molar-refractivity contribution in [1.29, 1.82) is 0 Å². The molecule has 120 valence electrons. The summed E-state index contributed by atoms with van der Waals surface area (Å²) in [5, 5.41) is 14.0. The summed E-state index contributed by atoms with van der Waals surface area (Å²) < 4.78 is 19.0. The Labute approximate surface area is 127 Å². The highest BCUT2D eigenvalue weighted by Gasteiger charge is 2.32. The maximum atomic E-state index is 13.9. The molecule has 3 N–H and O–H groups in total. The van der Waals surface area contributed by atoms with Crippen LogP contribution in [0.25, 0.3) is 0 Å². The zero-order valence-electron chi connectivity index (χ0n) is 12.1. The van der Waals surface area contributed by atoms with Gasteiger partial charge < -0.3 is 20.5 Å². The number of benzene rings is 1. The zero-order valence-corrected chi connectivity index (χ0v) is 12.1. The molecule has 1 heterocycles. The fraction of sp³-hybridized carbons (Fsp3) is 0.429. The van der Waals surface area contributed by atoms with E-state index in [1.165, 1.54) is 24.0 Å². The van der Waals surface area contributed by atoms with E-state index in [-0.39, 0.29) is 37.8 Å². The van der Waals surface area contributed by atoms with Gasteiger partial charge in [0, 0.05) is 13.5 Å². The molecule has 0 radical (unpaired) electrons. The van der Waals surface area contributed by atoms with Crippen LogP contribution in [0.15, 0.2) is 18.2 Å². The lowest BCUT2D eigenvalue weighted by molar-refractivity contribution is -0.119. The summed E-state index contributed by atoms with van der Waals surface area (Å²) in [5.41, 5.74) is 0.627. The molecule has 0 bridgehead atoms. The van der Waals surface area contributed by atoms with Crippen LogP contribution in [0.1, 0.15) is 6.92 Å². The molecule has 0 saturated carbocycles. The number of nitrogens with zero attached hydrogens (tertiary/aromatic N) is 1. The third-order valence-corrected chi connectivity index (χ3v) is 3.14. The van der Waals surface area contributed by atoms with Crippen LogP contribution in [0.3, 0.4) is 0 Å². The van der Waals surface area contributed by atoms with Crippen LogP contribution >= 0.6 is 0 Å². The minimum atomic E-state index is -0.578. The third-order valence-electron chi connectivity index (χ3n) is 3.14. The van der Waals surface area contributed by atoms with Crippen LogP contribution in [0, 0.1) is 5.82 Å². The highest BCUT2D eigenvalue weighted by molar-refractivity contribution is 5.90. The molecule has 0 spiro atoms. The first-order valence-electron chi connectivity index (χ1n) is 6.88. The molecule has 1 aliphatic heterocycles. The van der Waals surface area contributed by atoms with Gasteiger partial charge in [0.15, 0.2) is 0 Å². The van der Waals surface area contributed by atoms with Gasteiger partial charge in [-0.2, -0.15) is 0 Å². The average molecular weight is 311 g/mol. The fourth-order valence-corrected chi connectivity index (χ4v) is 2.10. The monoisotopic (exact) mass is 311 g/mol. The SMILES string of the molecule is CC(=O)NCC1CN(c2ccc(NCCO)c(F)c2)C(=O)O1. The topological polar surface area (TPSA) is 90.9 Å². The number of nitrogens with one attached hydrogen (secondary N) is 2. The van der Waals surface area contributed by atoms with Crippen LogP contribution in [0.4, 0.5) is 20.6 Å². The van der Waals surface area contributed by atoms with Crippen LogP contribution in [-0.4, -0.2) is 49.5 Å². The first-order valence-corrected chi connectivity index (χ1v) is 6.88. The summed E-state index contributed by atoms with van der Waals surface area (Å²) in [6.07, 6.45) is -1.04. The molecule has 1 aliphatic rings. The number of carbonyl (C=O) groups excluding carboxylic acids is 2. The smallest absolute Gasteiger partial charge is 0.414 e. The number of halogens is 1. The van der Waals surface area contributed by atoms with Gasteiger partial charge in [-0.15, -0.1) is 0 Å². The van der Waals surface area contributed by atoms with Gasteiger partial charge in [-0.1, -0.05) is 0 Å². The molecule has 22 heavy (non-hydrogen) atoms. The molecule has 7 nitrogen and oxygen atoms in total. The standard InChI is InChI=1S/C14H18FN3O4/c1-9(20)17-7-11-8-18(14(21)22-11)10-2-3-13(12(15)6-10)16-4-5-19/h2-3,6,11,16,19H,4-5,7-8H2,1H3,(H,17,20). The summed E-state index contributed by atoms with van der Waals surface area (Å²) in [6.45, 7) is 1.96. The second-order valence-corrected chi connectivity index (χ2v) is 4.87. The maximum Gasteiger partial charge on any atom is 0.414 e. The highest BCUT2D eigenvalue weighted by atomic mass is 19.1. The van der Waals surface area contributed by atoms with Crippen LogP contribution in [-0.2, 0) is 9.53 Å². The Hall–Kier alpha value is -2.35. The van der Waals surface area contributed by atoms with E-state index in [1.807, 2.05) is 0 Å². The van der Waals surface area contributed by atoms with Crippen molar-refractivity contribution in [3.05, 3.63) is 24.0 Å². The summed E-state index contributed by atoms with van der Waals surface area (Å²) >= 11 is 0. The molecular weight excluding hydrogens is 293 g/mol. The summed E-state index contributed by atoms with van der Waals surface area (Å²) in [7, 11) is 0. The largest absolute Gasteiger partial charge is 0.442 e. The number of carbonyl (C=O) groups is 2. The number of amides is 2. The summed E-state index contributed by atoms with van der Waals surface area (Å²) in [4.78, 5) is 24.0. The van der Waals surface area contributed by atoms with Crippen LogP contribution < -0.4 is 15.5 Å². The lowest BCUT2D eigenvalue weighted by Crippen LogP contribution is -2.33. The Kier molecular flexibility index (Phi) is 5.16. The van der Waals surface area contributed by atoms with E-state index in [9.17, 15) is 14.0 Å². The highest BCUT2D eigenvalue weighted by Crippen LogP contribution is 2.25. The van der Waals surface area contributed by atoms with Crippen molar-refractivity contribution in [3.63, 3.8) is 0 Å². The predicted octanol–water partition coefficient (Wildman–Crippen LogP) is 0.691. The molecule has 8 heteroatoms. The molecule has 2 rings (SSSR count). The van der Waals surface area contributed by atoms with Gasteiger partial charge in [0.05, 0.1) is 31.1 Å². The predicted molar refractivity (Wildman–Crippen MR) is 78.3 cm³/mol. The number of hydrogen-bond donors (Lipinski definition) is 3. The van der Waals surface area contributed by atoms with E-state index < -0.39 is 18.0 Å². The Balaban J connectivity index is 2.03. The van der Waals surface area contributed by atoms with Gasteiger partial charge in [0.25, 0.3) is 0 Å². The van der Waals surface area contributed by atoms with E-state index in [1.54, 1.807) is 6.07 Å². The lowest BCUT2D eigenvalue weighted by atomic mass is 10.2. The van der Waals surface area contributed by atoms with E-state index in [2.05, 4.69) is 10.6 Å². The van der Waals surface area contributed by atoms with E-state index >= 15 is 0 Å². The molecule has 2 amide bonds. The molecule has 0 aliphatic carbocycles. The van der Waals surface area contributed by atoms with Crippen molar-refractivity contribution in [2.75, 3.05) is 36.5 Å². The fourth-order valence-electron chi connectivity index (χ4n) is 2.10. The van der Waals surface area contributed by atoms with E-state index in [0.717, 1.165) is 0 Å². The van der Waals surface area contributed by atoms with Crippen molar-refractivity contribution in [1.82, 2.24) is 5.32 Å². The molecule has 1 fully saturated rings. The lowest BCUT2D eigenvalue weighted by Gasteiger charge is -2.15. The van der Waals surface area contributed by atoms with Gasteiger partial charge in [-0.3, -0.25) is 9.69 Å². The molecule has 1 atom stereocenters. The second kappa shape index (κ2) is 7.08. The second-order valence-electron chi connectivity index (χ2n) is 4.87. The summed E-state index contributed by atoms with van der Waals surface area (Å²) in [6, 6.07) is 4.31. The Morgan fingerprint density at radius 3 is 2.95 bits per heavy atom. The van der Waals surface area contributed by atoms with Crippen LogP contribution in [0.2, 0.25) is 0 Å². The minimum absolute atomic E-state index is 0.107. The first kappa shape index (κ1) is 16.0. The van der Waals surface area contributed by atoms with Crippen molar-refractivity contribution < 1.29 is 23.8 Å². The van der Waals surface area contributed by atoms with Crippen molar-refractivity contribution in [3.8, 4) is 0 Å². The van der Waals surface area contributed by atoms with Gasteiger partial charge in [-0.05, 0) is 18.2 Å². The minimum Gasteiger partial charge on any atom is -0.442 e. The van der Waals surface area contributed by atoms with Crippen molar-refractivity contribution in [2.24, 2.45) is 0 Å². The van der Waals surface area contributed by atoms with Crippen LogP contribution in [0.5, 0.6) is 0 Å². The van der Waals surface area contributed by atoms with Gasteiger partial charge >= 0.3 is 6.09 Å². The molecule has 1 saturated heterocycles. The van der Waals surface area contributed by atoms with Gasteiger partial charge in [0.1, 0.15) is 11.9 Å². The van der Waals surface area contributed by atoms with Crippen molar-refractivity contribution >= 4 is 23.4 Å². The zero-order chi connectivity index (χ0) is 16.1. The normalized spacial score (nSPS) is 17.3. The van der Waals surface area contributed by atoms with E-state index in [4.69, 9.17) is 9.84 Å². The maximum absolute atomic E-state index is 13.9. The number of cyclic esters (lactones) is 1. The molecule has 1 aromatic carbocycles. The molecule has 1 unspecified atom stereocenters. The first-order chi connectivity index (χ1) is 10.5. The average Bonchev–Trinajstić information content (AvgIpc) is 2.85. The number of hydrogen-bond acceptors (Lipinski definition) is 5. The third kappa shape index (κ3) is 3.85. The number of ether oxygens (including phenoxy) is 1. The molecule has 0 aromatic heterocycles. The Morgan fingerprint density at radius 2 is 2.32 bits per heavy atom. The molecule has 1 aromatic rings.